The highest BCUT2D eigenvalue weighted by atomic mass is 16.6. The number of nitro benzene ring substituents is 1. The minimum atomic E-state index is -0.458. The van der Waals surface area contributed by atoms with E-state index in [1.807, 2.05) is 0 Å². The Kier molecular flexibility index (Phi) is 4.30. The van der Waals surface area contributed by atoms with Crippen LogP contribution in [0.4, 0.5) is 11.4 Å². The molecule has 0 radical (unpaired) electrons. The molecule has 0 fully saturated rings. The van der Waals surface area contributed by atoms with Crippen LogP contribution < -0.4 is 10.1 Å². The number of nitrogens with one attached hydrogen (secondary N) is 1. The molecule has 2 aromatic rings. The van der Waals surface area contributed by atoms with Crippen LogP contribution in [-0.4, -0.2) is 23.2 Å². The Morgan fingerprint density at radius 3 is 2.84 bits per heavy atom. The Hall–Kier alpha value is -3.48. The number of rotatable bonds is 4. The summed E-state index contributed by atoms with van der Waals surface area (Å²) in [4.78, 5) is 34.1. The molecule has 0 unspecified atom stereocenters. The van der Waals surface area contributed by atoms with Crippen LogP contribution >= 0.6 is 0 Å². The van der Waals surface area contributed by atoms with Crippen LogP contribution in [0.15, 0.2) is 42.5 Å². The number of allylic oxidation sites excluding steroid dienone is 1. The van der Waals surface area contributed by atoms with Gasteiger partial charge in [-0.25, -0.2) is 0 Å². The summed E-state index contributed by atoms with van der Waals surface area (Å²) in [5, 5.41) is 13.6. The molecule has 25 heavy (non-hydrogen) atoms. The van der Waals surface area contributed by atoms with E-state index in [1.165, 1.54) is 24.3 Å². The number of ether oxygens (including phenoxy) is 1. The van der Waals surface area contributed by atoms with Crippen LogP contribution in [0.3, 0.4) is 0 Å². The van der Waals surface area contributed by atoms with Gasteiger partial charge in [-0.3, -0.25) is 19.7 Å². The van der Waals surface area contributed by atoms with Crippen LogP contribution in [0.25, 0.3) is 6.08 Å². The van der Waals surface area contributed by atoms with Crippen molar-refractivity contribution in [3.8, 4) is 5.75 Å². The van der Waals surface area contributed by atoms with Crippen LogP contribution in [0.2, 0.25) is 0 Å². The van der Waals surface area contributed by atoms with Crippen LogP contribution in [0, 0.1) is 17.0 Å². The van der Waals surface area contributed by atoms with Crippen molar-refractivity contribution in [1.29, 1.82) is 0 Å². The van der Waals surface area contributed by atoms with Gasteiger partial charge in [0.15, 0.2) is 12.4 Å². The summed E-state index contributed by atoms with van der Waals surface area (Å²) in [6, 6.07) is 9.50. The SMILES string of the molecule is Cc1ccc(/C=C/C(=O)c2ccc3c(c2)NC(=O)CO3)cc1[N+](=O)[O-]. The number of anilines is 1. The molecule has 1 heterocycles. The lowest BCUT2D eigenvalue weighted by atomic mass is 10.1. The average molecular weight is 338 g/mol. The maximum absolute atomic E-state index is 12.3. The molecule has 0 atom stereocenters. The summed E-state index contributed by atoms with van der Waals surface area (Å²) < 4.78 is 5.24. The predicted molar refractivity (Wildman–Crippen MR) is 91.8 cm³/mol. The van der Waals surface area contributed by atoms with Crippen molar-refractivity contribution in [3.63, 3.8) is 0 Å². The minimum absolute atomic E-state index is 0.00300. The van der Waals surface area contributed by atoms with Gasteiger partial charge in [0.1, 0.15) is 5.75 Å². The van der Waals surface area contributed by atoms with Crippen LogP contribution in [-0.2, 0) is 4.79 Å². The van der Waals surface area contributed by atoms with E-state index in [4.69, 9.17) is 4.74 Å². The van der Waals surface area contributed by atoms with Crippen molar-refractivity contribution < 1.29 is 19.2 Å². The van der Waals surface area contributed by atoms with E-state index in [1.54, 1.807) is 31.2 Å². The number of hydrogen-bond donors (Lipinski definition) is 1. The first-order chi connectivity index (χ1) is 11.9. The van der Waals surface area contributed by atoms with E-state index in [0.29, 0.717) is 28.1 Å². The molecule has 0 aliphatic carbocycles. The second kappa shape index (κ2) is 6.56. The quantitative estimate of drug-likeness (QED) is 0.400. The minimum Gasteiger partial charge on any atom is -0.482 e. The molecule has 0 aromatic heterocycles. The molecule has 1 aliphatic rings. The molecule has 0 saturated heterocycles. The number of benzene rings is 2. The summed E-state index contributed by atoms with van der Waals surface area (Å²) in [6.45, 7) is 1.60. The first kappa shape index (κ1) is 16.4. The summed E-state index contributed by atoms with van der Waals surface area (Å²) in [5.74, 6) is -0.0558. The molecule has 7 heteroatoms. The lowest BCUT2D eigenvalue weighted by molar-refractivity contribution is -0.385. The number of nitrogens with zero attached hydrogens (tertiary/aromatic N) is 1. The van der Waals surface area contributed by atoms with Crippen LogP contribution in [0.5, 0.6) is 5.75 Å². The largest absolute Gasteiger partial charge is 0.482 e. The molecule has 1 aliphatic heterocycles. The van der Waals surface area contributed by atoms with Gasteiger partial charge in [-0.1, -0.05) is 18.2 Å². The zero-order valence-corrected chi connectivity index (χ0v) is 13.3. The number of carbonyl (C=O) groups is 2. The van der Waals surface area contributed by atoms with Gasteiger partial charge in [-0.05, 0) is 36.8 Å². The number of ketones is 1. The second-order valence-electron chi connectivity index (χ2n) is 5.55. The molecular formula is C18H14N2O5. The van der Waals surface area contributed by atoms with Gasteiger partial charge in [-0.15, -0.1) is 0 Å². The fourth-order valence-corrected chi connectivity index (χ4v) is 2.43. The van der Waals surface area contributed by atoms with E-state index in [2.05, 4.69) is 5.32 Å². The molecule has 0 bridgehead atoms. The summed E-state index contributed by atoms with van der Waals surface area (Å²) in [7, 11) is 0. The molecule has 0 saturated carbocycles. The first-order valence-corrected chi connectivity index (χ1v) is 7.48. The highest BCUT2D eigenvalue weighted by Gasteiger charge is 2.17. The summed E-state index contributed by atoms with van der Waals surface area (Å²) in [6.07, 6.45) is 2.85. The van der Waals surface area contributed by atoms with E-state index in [0.717, 1.165) is 0 Å². The lowest BCUT2D eigenvalue weighted by Gasteiger charge is -2.17. The zero-order chi connectivity index (χ0) is 18.0. The molecule has 1 amide bonds. The molecule has 3 rings (SSSR count). The van der Waals surface area contributed by atoms with Crippen molar-refractivity contribution >= 4 is 29.1 Å². The average Bonchev–Trinajstić information content (AvgIpc) is 2.59. The standard InChI is InChI=1S/C18H14N2O5/c1-11-2-3-12(8-15(11)20(23)24)4-6-16(21)13-5-7-17-14(9-13)19-18(22)10-25-17/h2-9H,10H2,1H3,(H,19,22)/b6-4+. The molecule has 0 spiro atoms. The third-order valence-corrected chi connectivity index (χ3v) is 3.75. The van der Waals surface area contributed by atoms with Gasteiger partial charge in [0, 0.05) is 17.2 Å². The number of nitro groups is 1. The summed E-state index contributed by atoms with van der Waals surface area (Å²) >= 11 is 0. The maximum Gasteiger partial charge on any atom is 0.272 e. The Morgan fingerprint density at radius 2 is 2.08 bits per heavy atom. The normalized spacial score (nSPS) is 13.1. The zero-order valence-electron chi connectivity index (χ0n) is 13.3. The van der Waals surface area contributed by atoms with Gasteiger partial charge in [0.2, 0.25) is 0 Å². The van der Waals surface area contributed by atoms with Crippen molar-refractivity contribution in [2.24, 2.45) is 0 Å². The number of aryl methyl sites for hydroxylation is 1. The highest BCUT2D eigenvalue weighted by molar-refractivity contribution is 6.08. The van der Waals surface area contributed by atoms with E-state index in [9.17, 15) is 19.7 Å². The third kappa shape index (κ3) is 3.55. The van der Waals surface area contributed by atoms with E-state index < -0.39 is 4.92 Å². The molecule has 1 N–H and O–H groups in total. The monoisotopic (exact) mass is 338 g/mol. The molecule has 7 nitrogen and oxygen atoms in total. The molecule has 2 aromatic carbocycles. The van der Waals surface area contributed by atoms with Crippen molar-refractivity contribution in [2.45, 2.75) is 6.92 Å². The Morgan fingerprint density at radius 1 is 1.28 bits per heavy atom. The lowest BCUT2D eigenvalue weighted by Crippen LogP contribution is -2.25. The first-order valence-electron chi connectivity index (χ1n) is 7.48. The van der Waals surface area contributed by atoms with Gasteiger partial charge < -0.3 is 10.1 Å². The van der Waals surface area contributed by atoms with E-state index >= 15 is 0 Å². The third-order valence-electron chi connectivity index (χ3n) is 3.75. The number of hydrogen-bond acceptors (Lipinski definition) is 5. The highest BCUT2D eigenvalue weighted by Crippen LogP contribution is 2.28. The summed E-state index contributed by atoms with van der Waals surface area (Å²) in [5.41, 5.74) is 1.94. The fourth-order valence-electron chi connectivity index (χ4n) is 2.43. The number of fused-ring (bicyclic) bond motifs is 1. The smallest absolute Gasteiger partial charge is 0.272 e. The molecule has 126 valence electrons. The second-order valence-corrected chi connectivity index (χ2v) is 5.55. The van der Waals surface area contributed by atoms with Gasteiger partial charge in [-0.2, -0.15) is 0 Å². The topological polar surface area (TPSA) is 98.5 Å². The van der Waals surface area contributed by atoms with Crippen molar-refractivity contribution in [3.05, 3.63) is 69.3 Å². The number of carbonyl (C=O) groups excluding carboxylic acids is 2. The fraction of sp³-hybridized carbons (Fsp3) is 0.111. The van der Waals surface area contributed by atoms with Gasteiger partial charge in [0.25, 0.3) is 11.6 Å². The Bertz CT molecular complexity index is 918. The van der Waals surface area contributed by atoms with Crippen molar-refractivity contribution in [2.75, 3.05) is 11.9 Å². The van der Waals surface area contributed by atoms with Crippen molar-refractivity contribution in [1.82, 2.24) is 0 Å². The number of amides is 1. The van der Waals surface area contributed by atoms with Crippen LogP contribution in [0.1, 0.15) is 21.5 Å². The van der Waals surface area contributed by atoms with E-state index in [-0.39, 0.29) is 24.0 Å². The predicted octanol–water partition coefficient (Wildman–Crippen LogP) is 3.13. The van der Waals surface area contributed by atoms with Gasteiger partial charge in [0.05, 0.1) is 10.6 Å². The molecular weight excluding hydrogens is 324 g/mol. The Labute approximate surface area is 143 Å². The van der Waals surface area contributed by atoms with Gasteiger partial charge >= 0.3 is 0 Å². The Balaban J connectivity index is 1.82. The maximum atomic E-state index is 12.3.